The Hall–Kier alpha value is -2.31. The number of carbonyl (C=O) groups is 2. The molecular weight excluding hydrogens is 344 g/mol. The average molecular weight is 374 g/mol. The summed E-state index contributed by atoms with van der Waals surface area (Å²) >= 11 is 0. The van der Waals surface area contributed by atoms with Crippen molar-refractivity contribution in [1.29, 1.82) is 0 Å². The maximum absolute atomic E-state index is 12.2. The van der Waals surface area contributed by atoms with E-state index in [1.54, 1.807) is 11.1 Å². The molecular formula is C20H30N4O3. The molecule has 27 heavy (non-hydrogen) atoms. The predicted molar refractivity (Wildman–Crippen MR) is 102 cm³/mol. The predicted octanol–water partition coefficient (Wildman–Crippen LogP) is 3.14. The average Bonchev–Trinajstić information content (AvgIpc) is 2.98. The van der Waals surface area contributed by atoms with Crippen LogP contribution in [-0.2, 0) is 17.8 Å². The lowest BCUT2D eigenvalue weighted by Gasteiger charge is -2.39. The van der Waals surface area contributed by atoms with Gasteiger partial charge in [0, 0.05) is 45.1 Å². The molecule has 0 aromatic carbocycles. The van der Waals surface area contributed by atoms with Crippen molar-refractivity contribution in [1.82, 2.24) is 20.1 Å². The van der Waals surface area contributed by atoms with Crippen LogP contribution in [0.5, 0.6) is 0 Å². The van der Waals surface area contributed by atoms with Crippen LogP contribution in [0.2, 0.25) is 0 Å². The van der Waals surface area contributed by atoms with Crippen LogP contribution in [0.3, 0.4) is 0 Å². The smallest absolute Gasteiger partial charge is 0.410 e. The van der Waals surface area contributed by atoms with E-state index in [-0.39, 0.29) is 12.1 Å². The Labute approximate surface area is 161 Å². The molecule has 3 amide bonds. The van der Waals surface area contributed by atoms with Crippen LogP contribution in [0.1, 0.15) is 51.2 Å². The van der Waals surface area contributed by atoms with Gasteiger partial charge in [0.15, 0.2) is 0 Å². The zero-order valence-corrected chi connectivity index (χ0v) is 16.5. The van der Waals surface area contributed by atoms with Crippen LogP contribution in [0, 0.1) is 5.92 Å². The molecule has 1 aromatic rings. The Kier molecular flexibility index (Phi) is 5.87. The summed E-state index contributed by atoms with van der Waals surface area (Å²) < 4.78 is 5.36. The summed E-state index contributed by atoms with van der Waals surface area (Å²) in [5, 5.41) is 3.00. The van der Waals surface area contributed by atoms with Gasteiger partial charge >= 0.3 is 12.1 Å². The zero-order chi connectivity index (χ0) is 19.4. The zero-order valence-electron chi connectivity index (χ0n) is 16.5. The quantitative estimate of drug-likeness (QED) is 0.804. The van der Waals surface area contributed by atoms with E-state index in [1.165, 1.54) is 5.56 Å². The van der Waals surface area contributed by atoms with Crippen molar-refractivity contribution >= 4 is 12.1 Å². The monoisotopic (exact) mass is 374 g/mol. The number of likely N-dealkylation sites (tertiary alicyclic amines) is 1. The van der Waals surface area contributed by atoms with Gasteiger partial charge in [-0.1, -0.05) is 6.42 Å². The van der Waals surface area contributed by atoms with Crippen molar-refractivity contribution in [3.05, 3.63) is 29.6 Å². The van der Waals surface area contributed by atoms with E-state index in [0.29, 0.717) is 25.6 Å². The van der Waals surface area contributed by atoms with E-state index >= 15 is 0 Å². The molecule has 0 bridgehead atoms. The summed E-state index contributed by atoms with van der Waals surface area (Å²) in [6.07, 6.45) is 6.48. The minimum absolute atomic E-state index is 0.00838. The number of nitrogens with zero attached hydrogens (tertiary/aromatic N) is 3. The second-order valence-electron chi connectivity index (χ2n) is 8.48. The third kappa shape index (κ3) is 5.34. The second-order valence-corrected chi connectivity index (χ2v) is 8.48. The molecule has 3 rings (SSSR count). The van der Waals surface area contributed by atoms with E-state index in [4.69, 9.17) is 4.74 Å². The summed E-state index contributed by atoms with van der Waals surface area (Å²) in [6, 6.07) is 1.97. The molecule has 7 nitrogen and oxygen atoms in total. The van der Waals surface area contributed by atoms with E-state index < -0.39 is 5.60 Å². The topological polar surface area (TPSA) is 74.8 Å². The second kappa shape index (κ2) is 8.15. The van der Waals surface area contributed by atoms with Gasteiger partial charge in [-0.2, -0.15) is 0 Å². The van der Waals surface area contributed by atoms with Crippen LogP contribution in [0.4, 0.5) is 9.59 Å². The van der Waals surface area contributed by atoms with E-state index in [1.807, 2.05) is 37.9 Å². The summed E-state index contributed by atoms with van der Waals surface area (Å²) in [5.41, 5.74) is 1.87. The van der Waals surface area contributed by atoms with Gasteiger partial charge < -0.3 is 19.9 Å². The Morgan fingerprint density at radius 2 is 1.93 bits per heavy atom. The van der Waals surface area contributed by atoms with Crippen LogP contribution in [0.15, 0.2) is 18.5 Å². The first-order valence-corrected chi connectivity index (χ1v) is 9.74. The van der Waals surface area contributed by atoms with Gasteiger partial charge in [-0.05, 0) is 56.7 Å². The lowest BCUT2D eigenvalue weighted by Crippen LogP contribution is -2.51. The maximum atomic E-state index is 12.2. The Morgan fingerprint density at radius 1 is 1.19 bits per heavy atom. The minimum atomic E-state index is -0.437. The Bertz CT molecular complexity index is 655. The van der Waals surface area contributed by atoms with Gasteiger partial charge in [-0.3, -0.25) is 4.98 Å². The molecule has 0 unspecified atom stereocenters. The van der Waals surface area contributed by atoms with Crippen LogP contribution >= 0.6 is 0 Å². The molecule has 0 spiro atoms. The minimum Gasteiger partial charge on any atom is -0.444 e. The Balaban J connectivity index is 1.24. The number of urea groups is 1. The molecule has 7 heteroatoms. The SMILES string of the molecule is CC(C)(C)OC(=O)N1CC(CCCCNC(=O)N2Cc3ccncc3C2)C1. The highest BCUT2D eigenvalue weighted by Gasteiger charge is 2.33. The maximum Gasteiger partial charge on any atom is 0.410 e. The number of ether oxygens (including phenoxy) is 1. The van der Waals surface area contributed by atoms with Crippen LogP contribution in [0.25, 0.3) is 0 Å². The molecule has 1 saturated heterocycles. The van der Waals surface area contributed by atoms with Gasteiger partial charge in [0.1, 0.15) is 5.60 Å². The number of unbranched alkanes of at least 4 members (excludes halogenated alkanes) is 1. The fraction of sp³-hybridized carbons (Fsp3) is 0.650. The molecule has 2 aliphatic heterocycles. The lowest BCUT2D eigenvalue weighted by atomic mass is 9.94. The molecule has 2 aliphatic rings. The van der Waals surface area contributed by atoms with Crippen molar-refractivity contribution < 1.29 is 14.3 Å². The van der Waals surface area contributed by atoms with Crippen molar-refractivity contribution in [3.8, 4) is 0 Å². The number of fused-ring (bicyclic) bond motifs is 1. The van der Waals surface area contributed by atoms with Gasteiger partial charge in [0.2, 0.25) is 0 Å². The van der Waals surface area contributed by atoms with Crippen LogP contribution < -0.4 is 5.32 Å². The third-order valence-corrected chi connectivity index (χ3v) is 4.94. The molecule has 1 N–H and O–H groups in total. The Morgan fingerprint density at radius 3 is 2.63 bits per heavy atom. The highest BCUT2D eigenvalue weighted by molar-refractivity contribution is 5.75. The van der Waals surface area contributed by atoms with Gasteiger partial charge in [0.05, 0.1) is 0 Å². The highest BCUT2D eigenvalue weighted by atomic mass is 16.6. The van der Waals surface area contributed by atoms with Gasteiger partial charge in [-0.25, -0.2) is 9.59 Å². The first kappa shape index (κ1) is 19.5. The molecule has 148 valence electrons. The standard InChI is InChI=1S/C20H30N4O3/c1-20(2,3)27-19(26)24-11-15(12-24)6-4-5-8-22-18(25)23-13-16-7-9-21-10-17(16)14-23/h7,9-10,15H,4-6,8,11-14H2,1-3H3,(H,22,25). The highest BCUT2D eigenvalue weighted by Crippen LogP contribution is 2.24. The number of rotatable bonds is 5. The molecule has 1 aromatic heterocycles. The first-order valence-electron chi connectivity index (χ1n) is 9.74. The number of nitrogens with one attached hydrogen (secondary N) is 1. The van der Waals surface area contributed by atoms with Crippen molar-refractivity contribution in [2.45, 2.75) is 58.7 Å². The number of pyridine rings is 1. The van der Waals surface area contributed by atoms with Crippen molar-refractivity contribution in [2.75, 3.05) is 19.6 Å². The number of carbonyl (C=O) groups excluding carboxylic acids is 2. The van der Waals surface area contributed by atoms with Crippen molar-refractivity contribution in [3.63, 3.8) is 0 Å². The fourth-order valence-corrected chi connectivity index (χ4v) is 3.46. The molecule has 0 radical (unpaired) electrons. The molecule has 0 saturated carbocycles. The molecule has 0 atom stereocenters. The summed E-state index contributed by atoms with van der Waals surface area (Å²) in [5.74, 6) is 0.550. The summed E-state index contributed by atoms with van der Waals surface area (Å²) in [6.45, 7) is 9.19. The third-order valence-electron chi connectivity index (χ3n) is 4.94. The van der Waals surface area contributed by atoms with E-state index in [2.05, 4.69) is 10.3 Å². The summed E-state index contributed by atoms with van der Waals surface area (Å²) in [4.78, 5) is 31.8. The van der Waals surface area contributed by atoms with Gasteiger partial charge in [0.25, 0.3) is 0 Å². The molecule has 3 heterocycles. The first-order chi connectivity index (χ1) is 12.8. The van der Waals surface area contributed by atoms with E-state index in [0.717, 1.165) is 37.9 Å². The molecule has 1 fully saturated rings. The summed E-state index contributed by atoms with van der Waals surface area (Å²) in [7, 11) is 0. The number of amides is 3. The van der Waals surface area contributed by atoms with Gasteiger partial charge in [-0.15, -0.1) is 0 Å². The molecule has 0 aliphatic carbocycles. The lowest BCUT2D eigenvalue weighted by molar-refractivity contribution is -0.00241. The van der Waals surface area contributed by atoms with E-state index in [9.17, 15) is 9.59 Å². The van der Waals surface area contributed by atoms with Crippen LogP contribution in [-0.4, -0.2) is 52.1 Å². The number of aromatic nitrogens is 1. The number of hydrogen-bond acceptors (Lipinski definition) is 4. The number of hydrogen-bond donors (Lipinski definition) is 1. The van der Waals surface area contributed by atoms with Crippen molar-refractivity contribution in [2.24, 2.45) is 5.92 Å². The fourth-order valence-electron chi connectivity index (χ4n) is 3.46. The largest absolute Gasteiger partial charge is 0.444 e. The normalized spacial score (nSPS) is 16.7.